The van der Waals surface area contributed by atoms with Crippen molar-refractivity contribution in [2.45, 2.75) is 110 Å². The highest BCUT2D eigenvalue weighted by molar-refractivity contribution is 5.91. The first-order valence-electron chi connectivity index (χ1n) is 33.1. The first-order chi connectivity index (χ1) is 46.5. The molecule has 4 N–H and O–H groups in total. The van der Waals surface area contributed by atoms with Crippen molar-refractivity contribution in [2.75, 3.05) is 119 Å². The van der Waals surface area contributed by atoms with Crippen LogP contribution in [0.5, 0.6) is 11.5 Å². The lowest BCUT2D eigenvalue weighted by Gasteiger charge is -2.55. The fourth-order valence-corrected chi connectivity index (χ4v) is 14.6. The summed E-state index contributed by atoms with van der Waals surface area (Å²) in [6.07, 6.45) is -2.64. The quantitative estimate of drug-likeness (QED) is 0.0755. The van der Waals surface area contributed by atoms with Gasteiger partial charge in [-0.3, -0.25) is 19.4 Å². The van der Waals surface area contributed by atoms with Gasteiger partial charge in [-0.25, -0.2) is 33.5 Å². The number of rotatable bonds is 15. The summed E-state index contributed by atoms with van der Waals surface area (Å²) in [5, 5.41) is 39.0. The molecule has 510 valence electrons. The van der Waals surface area contributed by atoms with E-state index in [4.69, 9.17) is 18.9 Å². The summed E-state index contributed by atoms with van der Waals surface area (Å²) in [6, 6.07) is 30.5. The number of nitriles is 2. The SMILES string of the molecule is CC(C)(C)C1N(C(=O)O)C[C@@H](F)[C@@H](Oc2ccc(-c3ncnc(Nc4ccc(N5CCN(C6COC6)CC5)cc4)n3)cc2C#N)C1(C)C.CC1(C)CN(C(=O)[C@@H]2CCC(=O)N2)C[C@@H](F)[C@H]1Oc1ccc(-c2ncnc(Nc3ccc(N4CCN(C5COC5)CC4)cc3)n2)cc1C#N. The summed E-state index contributed by atoms with van der Waals surface area (Å²) >= 11 is 0. The number of anilines is 6. The minimum absolute atomic E-state index is 0.157. The lowest BCUT2D eigenvalue weighted by atomic mass is 9.64. The van der Waals surface area contributed by atoms with Gasteiger partial charge in [0.2, 0.25) is 23.7 Å². The number of halogens is 2. The number of alkyl halides is 2. The van der Waals surface area contributed by atoms with Gasteiger partial charge in [-0.15, -0.1) is 0 Å². The van der Waals surface area contributed by atoms with Gasteiger partial charge in [0.1, 0.15) is 54.5 Å². The Morgan fingerprint density at radius 3 is 1.53 bits per heavy atom. The Kier molecular flexibility index (Phi) is 19.7. The van der Waals surface area contributed by atoms with Crippen LogP contribution in [0, 0.1) is 38.9 Å². The second-order valence-corrected chi connectivity index (χ2v) is 28.2. The number of hydrogen-bond acceptors (Lipinski definition) is 21. The zero-order valence-corrected chi connectivity index (χ0v) is 55.7. The Morgan fingerprint density at radius 2 is 1.12 bits per heavy atom. The first-order valence-corrected chi connectivity index (χ1v) is 33.1. The van der Waals surface area contributed by atoms with Crippen molar-refractivity contribution >= 4 is 52.6 Å². The molecule has 7 saturated heterocycles. The van der Waals surface area contributed by atoms with Gasteiger partial charge < -0.3 is 59.6 Å². The molecule has 7 aliphatic rings. The maximum Gasteiger partial charge on any atom is 0.407 e. The number of carbonyl (C=O) groups excluding carboxylic acids is 2. The normalized spacial score (nSPS) is 23.7. The number of piperidine rings is 2. The van der Waals surface area contributed by atoms with E-state index in [1.807, 2.05) is 72.7 Å². The van der Waals surface area contributed by atoms with Crippen LogP contribution in [0.1, 0.15) is 72.4 Å². The molecule has 97 heavy (non-hydrogen) atoms. The zero-order chi connectivity index (χ0) is 68.3. The van der Waals surface area contributed by atoms with Gasteiger partial charge in [0.05, 0.1) is 62.7 Å². The van der Waals surface area contributed by atoms with Crippen molar-refractivity contribution < 1.29 is 47.2 Å². The van der Waals surface area contributed by atoms with Crippen LogP contribution in [-0.2, 0) is 19.1 Å². The minimum atomic E-state index is -1.59. The van der Waals surface area contributed by atoms with Crippen LogP contribution in [0.2, 0.25) is 0 Å². The van der Waals surface area contributed by atoms with Crippen LogP contribution >= 0.6 is 0 Å². The summed E-state index contributed by atoms with van der Waals surface area (Å²) in [4.78, 5) is 75.4. The van der Waals surface area contributed by atoms with E-state index >= 15 is 8.78 Å². The molecule has 6 aromatic rings. The van der Waals surface area contributed by atoms with Crippen LogP contribution in [0.25, 0.3) is 22.8 Å². The van der Waals surface area contributed by atoms with E-state index in [2.05, 4.69) is 102 Å². The monoisotopic (exact) mass is 1330 g/mol. The summed E-state index contributed by atoms with van der Waals surface area (Å²) < 4.78 is 54.4. The third-order valence-electron chi connectivity index (χ3n) is 19.5. The van der Waals surface area contributed by atoms with E-state index in [-0.39, 0.29) is 60.5 Å². The molecule has 3 amide bonds. The molecular formula is C70H83F2N17O8. The number of ether oxygens (including phenoxy) is 4. The number of carboxylic acid groups (broad SMARTS) is 1. The van der Waals surface area contributed by atoms with Crippen LogP contribution in [0.15, 0.2) is 97.6 Å². The zero-order valence-electron chi connectivity index (χ0n) is 55.7. The lowest BCUT2D eigenvalue weighted by molar-refractivity contribution is -0.144. The molecule has 7 aliphatic heterocycles. The highest BCUT2D eigenvalue weighted by Crippen LogP contribution is 2.47. The number of amides is 3. The molecule has 27 heteroatoms. The van der Waals surface area contributed by atoms with E-state index in [1.54, 1.807) is 36.4 Å². The van der Waals surface area contributed by atoms with E-state index in [0.29, 0.717) is 53.2 Å². The molecule has 0 saturated carbocycles. The summed E-state index contributed by atoms with van der Waals surface area (Å²) in [7, 11) is 0. The van der Waals surface area contributed by atoms with Crippen molar-refractivity contribution in [3.8, 4) is 46.4 Å². The first kappa shape index (κ1) is 67.6. The van der Waals surface area contributed by atoms with Gasteiger partial charge in [0.25, 0.3) is 0 Å². The standard InChI is InChI=1S/C35H40FN9O4.C35H43FN8O4/c1-35(2)20-45(33(47)28-8-10-30(46)41-28)17-27(36)31(35)49-29-9-3-22(15-23(29)16-37)32-38-21-39-34(42-32)40-24-4-6-25(7-5-24)43-11-13-44(14-12-43)26-18-48-19-26;1-34(2,3)31-35(4,5)29(27(36)18-44(31)33(45)46)48-28-11-6-22(16-23(28)17-37)30-38-21-39-32(41-30)40-24-7-9-25(10-8-24)42-12-14-43(15-13-42)26-19-47-20-26/h3-7,9,15,21,26-28,31H,8,10-14,17-20H2,1-2H3,(H,41,46)(H,38,39,40,42);6-11,16,21,26-27,29,31H,12-15,18-20H2,1-5H3,(H,45,46)(H,38,39,40,41)/t27-,28+,31-;27-,29-,31?/m11/s1. The van der Waals surface area contributed by atoms with Crippen molar-refractivity contribution in [1.29, 1.82) is 10.5 Å². The number of piperazine rings is 2. The predicted molar refractivity (Wildman–Crippen MR) is 358 cm³/mol. The summed E-state index contributed by atoms with van der Waals surface area (Å²) in [5.41, 5.74) is 3.36. The Bertz CT molecular complexity index is 3900. The molecular weight excluding hydrogens is 1240 g/mol. The van der Waals surface area contributed by atoms with Gasteiger partial charge in [-0.05, 0) is 96.8 Å². The maximum absolute atomic E-state index is 15.6. The highest BCUT2D eigenvalue weighted by Gasteiger charge is 2.57. The van der Waals surface area contributed by atoms with Gasteiger partial charge in [-0.2, -0.15) is 20.5 Å². The Labute approximate surface area is 563 Å². The van der Waals surface area contributed by atoms with Crippen LogP contribution in [-0.4, -0.2) is 220 Å². The Balaban J connectivity index is 0.000000185. The third-order valence-corrected chi connectivity index (χ3v) is 19.5. The number of likely N-dealkylation sites (tertiary alicyclic amines) is 2. The molecule has 4 aromatic carbocycles. The minimum Gasteiger partial charge on any atom is -0.485 e. The molecule has 0 aliphatic carbocycles. The fraction of sp³-hybridized carbons (Fsp3) is 0.500. The molecule has 6 atom stereocenters. The smallest absolute Gasteiger partial charge is 0.407 e. The van der Waals surface area contributed by atoms with Crippen LogP contribution in [0.4, 0.5) is 48.2 Å². The van der Waals surface area contributed by atoms with E-state index in [9.17, 15) is 30.0 Å². The average molecular weight is 1330 g/mol. The molecule has 0 spiro atoms. The predicted octanol–water partition coefficient (Wildman–Crippen LogP) is 8.10. The highest BCUT2D eigenvalue weighted by atomic mass is 19.1. The number of nitrogens with one attached hydrogen (secondary N) is 3. The Hall–Kier alpha value is -9.41. The van der Waals surface area contributed by atoms with Crippen LogP contribution in [0.3, 0.4) is 0 Å². The number of aromatic nitrogens is 6. The lowest BCUT2D eigenvalue weighted by Crippen LogP contribution is -2.67. The largest absolute Gasteiger partial charge is 0.485 e. The second-order valence-electron chi connectivity index (χ2n) is 28.2. The van der Waals surface area contributed by atoms with E-state index in [0.717, 1.165) is 95.8 Å². The molecule has 2 aromatic heterocycles. The number of benzene rings is 4. The van der Waals surface area contributed by atoms with Crippen molar-refractivity contribution in [3.05, 3.63) is 109 Å². The molecule has 0 bridgehead atoms. The summed E-state index contributed by atoms with van der Waals surface area (Å²) in [6.45, 7) is 24.2. The van der Waals surface area contributed by atoms with E-state index in [1.165, 1.54) is 28.1 Å². The van der Waals surface area contributed by atoms with E-state index < -0.39 is 59.0 Å². The van der Waals surface area contributed by atoms with Gasteiger partial charge >= 0.3 is 6.09 Å². The van der Waals surface area contributed by atoms with Crippen molar-refractivity contribution in [2.24, 2.45) is 16.2 Å². The number of carbonyl (C=O) groups is 3. The van der Waals surface area contributed by atoms with Gasteiger partial charge in [0, 0.05) is 116 Å². The maximum atomic E-state index is 15.6. The fourth-order valence-electron chi connectivity index (χ4n) is 14.6. The average Bonchev–Trinajstić information content (AvgIpc) is 0.816. The molecule has 13 rings (SSSR count). The molecule has 25 nitrogen and oxygen atoms in total. The van der Waals surface area contributed by atoms with Crippen molar-refractivity contribution in [3.63, 3.8) is 0 Å². The van der Waals surface area contributed by atoms with Crippen molar-refractivity contribution in [1.82, 2.24) is 54.8 Å². The van der Waals surface area contributed by atoms with Gasteiger partial charge in [-0.1, -0.05) is 48.5 Å². The Morgan fingerprint density at radius 1 is 0.660 bits per heavy atom. The number of hydrogen-bond donors (Lipinski definition) is 4. The molecule has 9 heterocycles. The van der Waals surface area contributed by atoms with Gasteiger partial charge in [0.15, 0.2) is 24.0 Å². The number of nitrogens with zero attached hydrogens (tertiary/aromatic N) is 14. The second kappa shape index (κ2) is 28.3. The molecule has 7 fully saturated rings. The molecule has 1 unspecified atom stereocenters. The third kappa shape index (κ3) is 15.1. The summed E-state index contributed by atoms with van der Waals surface area (Å²) in [5.74, 6) is 1.42. The van der Waals surface area contributed by atoms with Crippen LogP contribution < -0.4 is 35.2 Å². The topological polar surface area (TPSA) is 289 Å². The molecule has 0 radical (unpaired) electrons.